The van der Waals surface area contributed by atoms with E-state index >= 15 is 0 Å². The lowest BCUT2D eigenvalue weighted by molar-refractivity contribution is 0.199. The molecule has 0 amide bonds. The zero-order valence-corrected chi connectivity index (χ0v) is 11.0. The second-order valence-corrected chi connectivity index (χ2v) is 5.12. The predicted molar refractivity (Wildman–Crippen MR) is 73.8 cm³/mol. The van der Waals surface area contributed by atoms with Crippen molar-refractivity contribution in [3.63, 3.8) is 0 Å². The summed E-state index contributed by atoms with van der Waals surface area (Å²) in [5.41, 5.74) is 2.20. The number of rotatable bonds is 5. The van der Waals surface area contributed by atoms with Crippen LogP contribution in [0.5, 0.6) is 0 Å². The zero-order chi connectivity index (χ0) is 13.0. The third-order valence-electron chi connectivity index (χ3n) is 3.78. The van der Waals surface area contributed by atoms with Crippen LogP contribution in [0.4, 0.5) is 5.69 Å². The molecule has 1 saturated heterocycles. The first kappa shape index (κ1) is 13.4. The molecule has 0 aliphatic carbocycles. The Morgan fingerprint density at radius 1 is 1.33 bits per heavy atom. The van der Waals surface area contributed by atoms with Gasteiger partial charge in [0.2, 0.25) is 0 Å². The highest BCUT2D eigenvalue weighted by Gasteiger charge is 2.24. The maximum absolute atomic E-state index is 9.51. The molecule has 1 aliphatic heterocycles. The van der Waals surface area contributed by atoms with Crippen LogP contribution in [0.25, 0.3) is 0 Å². The Morgan fingerprint density at radius 3 is 2.67 bits per heavy atom. The van der Waals surface area contributed by atoms with Crippen LogP contribution in [0, 0.1) is 0 Å². The van der Waals surface area contributed by atoms with Gasteiger partial charge in [-0.3, -0.25) is 0 Å². The van der Waals surface area contributed by atoms with Crippen molar-refractivity contribution >= 4 is 5.69 Å². The van der Waals surface area contributed by atoms with Crippen molar-refractivity contribution in [3.8, 4) is 0 Å². The molecule has 18 heavy (non-hydrogen) atoms. The van der Waals surface area contributed by atoms with Crippen molar-refractivity contribution in [1.82, 2.24) is 0 Å². The van der Waals surface area contributed by atoms with E-state index in [1.165, 1.54) is 18.5 Å². The molecule has 3 nitrogen and oxygen atoms in total. The molecule has 2 atom stereocenters. The normalized spacial score (nSPS) is 21.3. The van der Waals surface area contributed by atoms with E-state index in [1.807, 2.05) is 12.1 Å². The third-order valence-corrected chi connectivity index (χ3v) is 3.78. The Morgan fingerprint density at radius 2 is 2.06 bits per heavy atom. The van der Waals surface area contributed by atoms with Gasteiger partial charge in [0.25, 0.3) is 0 Å². The summed E-state index contributed by atoms with van der Waals surface area (Å²) in [6.45, 7) is 3.17. The molecule has 2 rings (SSSR count). The quantitative estimate of drug-likeness (QED) is 0.842. The van der Waals surface area contributed by atoms with E-state index in [4.69, 9.17) is 5.11 Å². The van der Waals surface area contributed by atoms with Gasteiger partial charge in [0.05, 0.1) is 6.10 Å². The molecule has 0 saturated carbocycles. The van der Waals surface area contributed by atoms with Crippen molar-refractivity contribution in [2.24, 2.45) is 0 Å². The Hall–Kier alpha value is -1.06. The Kier molecular flexibility index (Phi) is 4.61. The first-order chi connectivity index (χ1) is 8.72. The summed E-state index contributed by atoms with van der Waals surface area (Å²) in [5.74, 6) is 0. The maximum Gasteiger partial charge on any atom is 0.0761 e. The summed E-state index contributed by atoms with van der Waals surface area (Å²) < 4.78 is 0. The summed E-state index contributed by atoms with van der Waals surface area (Å²) in [6, 6.07) is 8.76. The average Bonchev–Trinajstić information content (AvgIpc) is 2.84. The molecule has 2 N–H and O–H groups in total. The van der Waals surface area contributed by atoms with E-state index in [9.17, 15) is 5.11 Å². The lowest BCUT2D eigenvalue weighted by atomic mass is 10.1. The second-order valence-electron chi connectivity index (χ2n) is 5.12. The monoisotopic (exact) mass is 249 g/mol. The van der Waals surface area contributed by atoms with Crippen LogP contribution < -0.4 is 4.90 Å². The summed E-state index contributed by atoms with van der Waals surface area (Å²) >= 11 is 0. The number of benzene rings is 1. The number of hydrogen-bond acceptors (Lipinski definition) is 3. The molecule has 1 aliphatic rings. The summed E-state index contributed by atoms with van der Waals surface area (Å²) in [6.07, 6.45) is 4.00. The minimum absolute atomic E-state index is 0.283. The van der Waals surface area contributed by atoms with Crippen LogP contribution in [0.2, 0.25) is 0 Å². The van der Waals surface area contributed by atoms with Gasteiger partial charge in [0.15, 0.2) is 0 Å². The van der Waals surface area contributed by atoms with Gasteiger partial charge in [-0.15, -0.1) is 0 Å². The second kappa shape index (κ2) is 6.21. The lowest BCUT2D eigenvalue weighted by Gasteiger charge is -2.27. The van der Waals surface area contributed by atoms with Gasteiger partial charge in [-0.05, 0) is 50.3 Å². The van der Waals surface area contributed by atoms with Crippen LogP contribution in [-0.4, -0.2) is 29.4 Å². The van der Waals surface area contributed by atoms with E-state index in [1.54, 1.807) is 6.92 Å². The first-order valence-electron chi connectivity index (χ1n) is 6.88. The molecular formula is C15H23NO2. The van der Waals surface area contributed by atoms with Crippen molar-refractivity contribution in [2.45, 2.75) is 44.8 Å². The molecule has 1 heterocycles. The van der Waals surface area contributed by atoms with Gasteiger partial charge in [0.1, 0.15) is 0 Å². The molecule has 1 fully saturated rings. The number of aliphatic hydroxyl groups excluding tert-OH is 2. The van der Waals surface area contributed by atoms with E-state index in [0.717, 1.165) is 24.9 Å². The van der Waals surface area contributed by atoms with Crippen LogP contribution in [0.3, 0.4) is 0 Å². The van der Waals surface area contributed by atoms with Crippen molar-refractivity contribution in [1.29, 1.82) is 0 Å². The molecule has 1 aromatic rings. The topological polar surface area (TPSA) is 43.7 Å². The number of nitrogens with zero attached hydrogens (tertiary/aromatic N) is 1. The average molecular weight is 249 g/mol. The minimum Gasteiger partial charge on any atom is -0.396 e. The molecule has 1 unspecified atom stereocenters. The largest absolute Gasteiger partial charge is 0.396 e. The molecular weight excluding hydrogens is 226 g/mol. The lowest BCUT2D eigenvalue weighted by Crippen LogP contribution is -2.29. The van der Waals surface area contributed by atoms with E-state index in [-0.39, 0.29) is 6.61 Å². The number of anilines is 1. The smallest absolute Gasteiger partial charge is 0.0761 e. The van der Waals surface area contributed by atoms with Crippen LogP contribution >= 0.6 is 0 Å². The fraction of sp³-hybridized carbons (Fsp3) is 0.600. The minimum atomic E-state index is -0.400. The van der Waals surface area contributed by atoms with Crippen molar-refractivity contribution in [3.05, 3.63) is 29.8 Å². The highest BCUT2D eigenvalue weighted by atomic mass is 16.3. The summed E-state index contributed by atoms with van der Waals surface area (Å²) in [7, 11) is 0. The van der Waals surface area contributed by atoms with Gasteiger partial charge in [0, 0.05) is 24.9 Å². The van der Waals surface area contributed by atoms with Gasteiger partial charge >= 0.3 is 0 Å². The fourth-order valence-corrected chi connectivity index (χ4v) is 2.75. The molecule has 0 spiro atoms. The van der Waals surface area contributed by atoms with Gasteiger partial charge in [-0.1, -0.05) is 12.1 Å². The maximum atomic E-state index is 9.51. The fourth-order valence-electron chi connectivity index (χ4n) is 2.75. The zero-order valence-electron chi connectivity index (χ0n) is 11.0. The molecule has 0 radical (unpaired) electrons. The predicted octanol–water partition coefficient (Wildman–Crippen LogP) is 2.48. The van der Waals surface area contributed by atoms with E-state index in [0.29, 0.717) is 6.04 Å². The van der Waals surface area contributed by atoms with Gasteiger partial charge < -0.3 is 15.1 Å². The Balaban J connectivity index is 2.05. The van der Waals surface area contributed by atoms with E-state index in [2.05, 4.69) is 17.0 Å². The molecule has 0 aromatic heterocycles. The molecule has 0 bridgehead atoms. The highest BCUT2D eigenvalue weighted by Crippen LogP contribution is 2.28. The summed E-state index contributed by atoms with van der Waals surface area (Å²) in [5, 5.41) is 18.4. The first-order valence-corrected chi connectivity index (χ1v) is 6.88. The van der Waals surface area contributed by atoms with Crippen LogP contribution in [0.15, 0.2) is 24.3 Å². The highest BCUT2D eigenvalue weighted by molar-refractivity contribution is 5.49. The van der Waals surface area contributed by atoms with Gasteiger partial charge in [-0.2, -0.15) is 0 Å². The SMILES string of the molecule is C[C@H](O)c1ccc(N2CCCC2CCCO)cc1. The van der Waals surface area contributed by atoms with Crippen LogP contribution in [-0.2, 0) is 0 Å². The van der Waals surface area contributed by atoms with E-state index < -0.39 is 6.10 Å². The number of hydrogen-bond donors (Lipinski definition) is 2. The van der Waals surface area contributed by atoms with Crippen molar-refractivity contribution < 1.29 is 10.2 Å². The van der Waals surface area contributed by atoms with Crippen LogP contribution in [0.1, 0.15) is 44.3 Å². The Labute approximate surface area is 109 Å². The summed E-state index contributed by atoms with van der Waals surface area (Å²) in [4.78, 5) is 2.43. The van der Waals surface area contributed by atoms with Crippen molar-refractivity contribution in [2.75, 3.05) is 18.1 Å². The molecule has 3 heteroatoms. The Bertz CT molecular complexity index is 361. The molecule has 100 valence electrons. The third kappa shape index (κ3) is 3.03. The standard InChI is InChI=1S/C15H23NO2/c1-12(18)13-6-8-15(9-7-13)16-10-2-4-14(16)5-3-11-17/h6-9,12,14,17-18H,2-5,10-11H2,1H3/t12-,14?/m0/s1. The molecule has 1 aromatic carbocycles. The van der Waals surface area contributed by atoms with Gasteiger partial charge in [-0.25, -0.2) is 0 Å². The number of aliphatic hydroxyl groups is 2.